The average molecular weight is 415 g/mol. The van der Waals surface area contributed by atoms with Gasteiger partial charge in [0.05, 0.1) is 5.92 Å². The molecule has 1 aromatic rings. The molecule has 29 heavy (non-hydrogen) atoms. The van der Waals surface area contributed by atoms with Crippen LogP contribution in [0.5, 0.6) is 5.75 Å². The number of carbonyl (C=O) groups excluding carboxylic acids is 1. The number of fused-ring (bicyclic) bond motifs is 1. The average Bonchev–Trinajstić information content (AvgIpc) is 2.75. The van der Waals surface area contributed by atoms with Crippen LogP contribution < -0.4 is 4.74 Å². The maximum absolute atomic E-state index is 12.9. The van der Waals surface area contributed by atoms with Crippen molar-refractivity contribution in [1.82, 2.24) is 0 Å². The van der Waals surface area contributed by atoms with E-state index >= 15 is 0 Å². The Morgan fingerprint density at radius 2 is 1.66 bits per heavy atom. The predicted octanol–water partition coefficient (Wildman–Crippen LogP) is 7.46. The van der Waals surface area contributed by atoms with Gasteiger partial charge in [-0.2, -0.15) is 0 Å². The summed E-state index contributed by atoms with van der Waals surface area (Å²) in [6.45, 7) is 2.14. The Bertz CT molecular complexity index is 702. The molecular weight excluding hydrogens is 380 g/mol. The molecule has 2 nitrogen and oxygen atoms in total. The maximum Gasteiger partial charge on any atom is 0.314 e. The number of benzene rings is 1. The third kappa shape index (κ3) is 5.08. The Kier molecular flexibility index (Phi) is 7.00. The molecule has 0 aromatic heterocycles. The van der Waals surface area contributed by atoms with E-state index in [-0.39, 0.29) is 11.9 Å². The van der Waals surface area contributed by atoms with E-state index in [9.17, 15) is 4.79 Å². The van der Waals surface area contributed by atoms with Crippen LogP contribution in [0.2, 0.25) is 5.02 Å². The largest absolute Gasteiger partial charge is 0.426 e. The normalized spacial score (nSPS) is 35.2. The van der Waals surface area contributed by atoms with Crippen molar-refractivity contribution in [2.75, 3.05) is 0 Å². The monoisotopic (exact) mass is 414 g/mol. The molecule has 3 aliphatic rings. The van der Waals surface area contributed by atoms with Gasteiger partial charge in [-0.25, -0.2) is 0 Å². The fraction of sp³-hybridized carbons (Fsp3) is 0.654. The van der Waals surface area contributed by atoms with Crippen LogP contribution in [0.15, 0.2) is 36.4 Å². The number of esters is 1. The molecule has 0 spiro atoms. The Balaban J connectivity index is 1.33. The summed E-state index contributed by atoms with van der Waals surface area (Å²) in [5.74, 6) is 4.54. The van der Waals surface area contributed by atoms with Crippen LogP contribution in [0.25, 0.3) is 0 Å². The third-order valence-electron chi connectivity index (χ3n) is 7.97. The molecule has 0 radical (unpaired) electrons. The Hall–Kier alpha value is -1.28. The van der Waals surface area contributed by atoms with E-state index in [4.69, 9.17) is 16.3 Å². The molecule has 0 saturated heterocycles. The lowest BCUT2D eigenvalue weighted by Gasteiger charge is -2.45. The van der Waals surface area contributed by atoms with Gasteiger partial charge in [0.15, 0.2) is 0 Å². The van der Waals surface area contributed by atoms with Gasteiger partial charge in [0, 0.05) is 5.02 Å². The molecule has 0 bridgehead atoms. The first kappa shape index (κ1) is 21.0. The van der Waals surface area contributed by atoms with Crippen molar-refractivity contribution in [3.8, 4) is 5.75 Å². The molecule has 3 heteroatoms. The van der Waals surface area contributed by atoms with Gasteiger partial charge in [0.25, 0.3) is 0 Å². The number of carbonyl (C=O) groups is 1. The lowest BCUT2D eigenvalue weighted by Crippen LogP contribution is -2.40. The van der Waals surface area contributed by atoms with Gasteiger partial charge in [-0.1, -0.05) is 36.6 Å². The summed E-state index contributed by atoms with van der Waals surface area (Å²) in [5, 5.41) is 0.667. The second-order valence-corrected chi connectivity index (χ2v) is 10.0. The third-order valence-corrected chi connectivity index (χ3v) is 8.22. The van der Waals surface area contributed by atoms with Crippen LogP contribution in [0.1, 0.15) is 71.1 Å². The summed E-state index contributed by atoms with van der Waals surface area (Å²) in [6, 6.07) is 7.15. The van der Waals surface area contributed by atoms with Crippen LogP contribution in [0.3, 0.4) is 0 Å². The molecule has 0 amide bonds. The summed E-state index contributed by atoms with van der Waals surface area (Å²) in [7, 11) is 0. The standard InChI is InChI=1S/C26H35ClO2/c1-2-4-18-7-9-19(10-8-18)20-11-16-24-21(17-20)5-3-6-25(24)26(28)29-23-14-12-22(27)13-15-23/h2,4,12-15,18-21,24-25H,3,5-11,16-17H2,1H3/b4-2+. The van der Waals surface area contributed by atoms with Gasteiger partial charge >= 0.3 is 5.97 Å². The molecule has 4 unspecified atom stereocenters. The molecule has 0 N–H and O–H groups in total. The SMILES string of the molecule is C/C=C/C1CCC(C2CCC3C(CCCC3C(=O)Oc3ccc(Cl)cc3)C2)CC1. The highest BCUT2D eigenvalue weighted by molar-refractivity contribution is 6.30. The van der Waals surface area contributed by atoms with Crippen LogP contribution in [0, 0.1) is 35.5 Å². The smallest absolute Gasteiger partial charge is 0.314 e. The highest BCUT2D eigenvalue weighted by atomic mass is 35.5. The number of halogens is 1. The minimum atomic E-state index is -0.0210. The molecule has 0 aliphatic heterocycles. The quantitative estimate of drug-likeness (QED) is 0.290. The van der Waals surface area contributed by atoms with Crippen molar-refractivity contribution >= 4 is 17.6 Å². The van der Waals surface area contributed by atoms with E-state index in [0.717, 1.165) is 30.1 Å². The van der Waals surface area contributed by atoms with Crippen molar-refractivity contribution in [1.29, 1.82) is 0 Å². The predicted molar refractivity (Wildman–Crippen MR) is 119 cm³/mol. The summed E-state index contributed by atoms with van der Waals surface area (Å²) in [4.78, 5) is 12.9. The summed E-state index contributed by atoms with van der Waals surface area (Å²) in [6.07, 6.45) is 17.5. The van der Waals surface area contributed by atoms with E-state index in [1.54, 1.807) is 24.3 Å². The van der Waals surface area contributed by atoms with Crippen molar-refractivity contribution in [2.45, 2.75) is 71.1 Å². The molecule has 4 atom stereocenters. The van der Waals surface area contributed by atoms with Crippen molar-refractivity contribution in [3.05, 3.63) is 41.4 Å². The lowest BCUT2D eigenvalue weighted by atomic mass is 9.59. The Morgan fingerprint density at radius 1 is 0.931 bits per heavy atom. The molecule has 3 fully saturated rings. The van der Waals surface area contributed by atoms with Crippen LogP contribution in [0.4, 0.5) is 0 Å². The van der Waals surface area contributed by atoms with Crippen molar-refractivity contribution < 1.29 is 9.53 Å². The first-order valence-corrected chi connectivity index (χ1v) is 12.1. The fourth-order valence-corrected chi connectivity index (χ4v) is 6.62. The van der Waals surface area contributed by atoms with E-state index in [1.807, 2.05) is 0 Å². The van der Waals surface area contributed by atoms with Crippen LogP contribution in [-0.2, 0) is 4.79 Å². The molecule has 4 rings (SSSR count). The van der Waals surface area contributed by atoms with E-state index in [0.29, 0.717) is 16.7 Å². The van der Waals surface area contributed by atoms with Gasteiger partial charge in [-0.05, 0) is 112 Å². The maximum atomic E-state index is 12.9. The second kappa shape index (κ2) is 9.69. The zero-order chi connectivity index (χ0) is 20.2. The number of hydrogen-bond donors (Lipinski definition) is 0. The number of hydrogen-bond acceptors (Lipinski definition) is 2. The van der Waals surface area contributed by atoms with Crippen molar-refractivity contribution in [2.24, 2.45) is 35.5 Å². The Morgan fingerprint density at radius 3 is 2.38 bits per heavy atom. The van der Waals surface area contributed by atoms with Gasteiger partial charge < -0.3 is 4.74 Å². The summed E-state index contributed by atoms with van der Waals surface area (Å²) in [5.41, 5.74) is 0. The number of ether oxygens (including phenoxy) is 1. The molecule has 0 heterocycles. The van der Waals surface area contributed by atoms with Gasteiger partial charge in [0.2, 0.25) is 0 Å². The molecule has 1 aromatic carbocycles. The minimum Gasteiger partial charge on any atom is -0.426 e. The summed E-state index contributed by atoms with van der Waals surface area (Å²) < 4.78 is 5.73. The molecule has 158 valence electrons. The van der Waals surface area contributed by atoms with Crippen molar-refractivity contribution in [3.63, 3.8) is 0 Å². The Labute approximate surface area is 181 Å². The number of allylic oxidation sites excluding steroid dienone is 2. The summed E-state index contributed by atoms with van der Waals surface area (Å²) >= 11 is 5.95. The second-order valence-electron chi connectivity index (χ2n) is 9.61. The lowest BCUT2D eigenvalue weighted by molar-refractivity contribution is -0.144. The fourth-order valence-electron chi connectivity index (χ4n) is 6.50. The van der Waals surface area contributed by atoms with E-state index < -0.39 is 0 Å². The zero-order valence-corrected chi connectivity index (χ0v) is 18.4. The van der Waals surface area contributed by atoms with Gasteiger partial charge in [0.1, 0.15) is 5.75 Å². The highest BCUT2D eigenvalue weighted by Crippen LogP contribution is 2.50. The molecule has 3 aliphatic carbocycles. The van der Waals surface area contributed by atoms with Crippen LogP contribution in [-0.4, -0.2) is 5.97 Å². The van der Waals surface area contributed by atoms with Gasteiger partial charge in [-0.15, -0.1) is 0 Å². The van der Waals surface area contributed by atoms with E-state index in [1.165, 1.54) is 57.8 Å². The minimum absolute atomic E-state index is 0.0210. The first-order chi connectivity index (χ1) is 14.1. The first-order valence-electron chi connectivity index (χ1n) is 11.7. The topological polar surface area (TPSA) is 26.3 Å². The van der Waals surface area contributed by atoms with E-state index in [2.05, 4.69) is 19.1 Å². The molecular formula is C26H35ClO2. The highest BCUT2D eigenvalue weighted by Gasteiger charge is 2.43. The number of rotatable bonds is 4. The molecule has 3 saturated carbocycles. The van der Waals surface area contributed by atoms with Gasteiger partial charge in [-0.3, -0.25) is 4.79 Å². The zero-order valence-electron chi connectivity index (χ0n) is 17.7. The van der Waals surface area contributed by atoms with Crippen LogP contribution >= 0.6 is 11.6 Å².